The average Bonchev–Trinajstić information content (AvgIpc) is 3.02. The maximum atomic E-state index is 13.1. The molecule has 5 nitrogen and oxygen atoms in total. The van der Waals surface area contributed by atoms with Crippen molar-refractivity contribution in [2.45, 2.75) is 39.5 Å². The Kier molecular flexibility index (Phi) is 7.43. The number of nitrogens with zero attached hydrogens (tertiary/aromatic N) is 3. The van der Waals surface area contributed by atoms with Crippen LogP contribution in [0.4, 0.5) is 13.2 Å². The van der Waals surface area contributed by atoms with Crippen LogP contribution in [0.25, 0.3) is 11.0 Å². The van der Waals surface area contributed by atoms with Crippen molar-refractivity contribution in [3.8, 4) is 5.75 Å². The molecule has 1 heterocycles. The van der Waals surface area contributed by atoms with Gasteiger partial charge in [-0.3, -0.25) is 5.41 Å². The molecule has 0 saturated carbocycles. The molecule has 3 aromatic rings. The van der Waals surface area contributed by atoms with Gasteiger partial charge in [-0.05, 0) is 43.8 Å². The van der Waals surface area contributed by atoms with Gasteiger partial charge >= 0.3 is 6.18 Å². The van der Waals surface area contributed by atoms with Crippen LogP contribution >= 0.6 is 0 Å². The standard InChI is InChI=1S/C23H29F3N4O/c1-3-28(4-2)15-16-30-20-12-7-6-11-19(20)29(22(30)27)14-9-17-31-21-13-8-5-10-18(21)23(24,25)26/h5-8,10-13,27H,3-4,9,14-17H2,1-2H3. The summed E-state index contributed by atoms with van der Waals surface area (Å²) in [5, 5.41) is 8.67. The molecule has 31 heavy (non-hydrogen) atoms. The van der Waals surface area contributed by atoms with Crippen LogP contribution in [0, 0.1) is 5.41 Å². The topological polar surface area (TPSA) is 46.2 Å². The lowest BCUT2D eigenvalue weighted by atomic mass is 10.2. The first-order valence-corrected chi connectivity index (χ1v) is 10.6. The average molecular weight is 435 g/mol. The van der Waals surface area contributed by atoms with E-state index in [1.165, 1.54) is 18.2 Å². The van der Waals surface area contributed by atoms with E-state index in [0.29, 0.717) is 25.1 Å². The van der Waals surface area contributed by atoms with E-state index in [-0.39, 0.29) is 12.4 Å². The fourth-order valence-electron chi connectivity index (χ4n) is 3.76. The molecule has 0 aliphatic heterocycles. The van der Waals surface area contributed by atoms with Gasteiger partial charge in [-0.15, -0.1) is 0 Å². The van der Waals surface area contributed by atoms with Gasteiger partial charge in [0, 0.05) is 19.6 Å². The maximum absolute atomic E-state index is 13.1. The number of halogens is 3. The molecule has 0 atom stereocenters. The Morgan fingerprint density at radius 1 is 0.903 bits per heavy atom. The Morgan fingerprint density at radius 2 is 1.48 bits per heavy atom. The number of hydrogen-bond acceptors (Lipinski definition) is 3. The summed E-state index contributed by atoms with van der Waals surface area (Å²) in [4.78, 5) is 2.31. The van der Waals surface area contributed by atoms with Gasteiger partial charge in [0.05, 0.1) is 23.2 Å². The SMILES string of the molecule is CCN(CC)CCn1c(=N)n(CCCOc2ccccc2C(F)(F)F)c2ccccc21. The van der Waals surface area contributed by atoms with E-state index in [2.05, 4.69) is 18.7 Å². The Labute approximate surface area is 180 Å². The third-order valence-electron chi connectivity index (χ3n) is 5.49. The third-order valence-corrected chi connectivity index (χ3v) is 5.49. The van der Waals surface area contributed by atoms with Gasteiger partial charge in [-0.2, -0.15) is 13.2 Å². The summed E-state index contributed by atoms with van der Waals surface area (Å²) in [5.41, 5.74) is 1.56. The van der Waals surface area contributed by atoms with Crippen molar-refractivity contribution in [2.75, 3.05) is 26.2 Å². The number of alkyl halides is 3. The summed E-state index contributed by atoms with van der Waals surface area (Å²) < 4.78 is 48.7. The van der Waals surface area contributed by atoms with Gasteiger partial charge in [0.25, 0.3) is 0 Å². The molecule has 3 rings (SSSR count). The van der Waals surface area contributed by atoms with Crippen molar-refractivity contribution in [3.05, 3.63) is 59.7 Å². The third kappa shape index (κ3) is 5.31. The van der Waals surface area contributed by atoms with E-state index >= 15 is 0 Å². The highest BCUT2D eigenvalue weighted by Crippen LogP contribution is 2.35. The molecule has 0 spiro atoms. The largest absolute Gasteiger partial charge is 0.493 e. The van der Waals surface area contributed by atoms with Gasteiger partial charge in [-0.25, -0.2) is 0 Å². The Hall–Kier alpha value is -2.74. The number of ether oxygens (including phenoxy) is 1. The number of fused-ring (bicyclic) bond motifs is 1. The number of hydrogen-bond donors (Lipinski definition) is 1. The van der Waals surface area contributed by atoms with E-state index in [0.717, 1.165) is 36.7 Å². The molecular formula is C23H29F3N4O. The molecule has 0 unspecified atom stereocenters. The minimum Gasteiger partial charge on any atom is -0.493 e. The zero-order valence-corrected chi connectivity index (χ0v) is 18.0. The molecule has 0 aliphatic carbocycles. The van der Waals surface area contributed by atoms with Crippen molar-refractivity contribution in [2.24, 2.45) is 0 Å². The van der Waals surface area contributed by atoms with Crippen molar-refractivity contribution in [1.29, 1.82) is 5.41 Å². The van der Waals surface area contributed by atoms with Gasteiger partial charge in [0.15, 0.2) is 0 Å². The summed E-state index contributed by atoms with van der Waals surface area (Å²) in [6, 6.07) is 13.1. The first kappa shape index (κ1) is 22.9. The van der Waals surface area contributed by atoms with Crippen molar-refractivity contribution < 1.29 is 17.9 Å². The van der Waals surface area contributed by atoms with Crippen LogP contribution < -0.4 is 10.4 Å². The van der Waals surface area contributed by atoms with Crippen molar-refractivity contribution in [1.82, 2.24) is 14.0 Å². The van der Waals surface area contributed by atoms with E-state index in [4.69, 9.17) is 10.1 Å². The monoisotopic (exact) mass is 434 g/mol. The summed E-state index contributed by atoms with van der Waals surface area (Å²) in [7, 11) is 0. The molecule has 1 N–H and O–H groups in total. The minimum absolute atomic E-state index is 0.137. The van der Waals surface area contributed by atoms with E-state index in [1.807, 2.05) is 33.4 Å². The molecule has 0 bridgehead atoms. The Balaban J connectivity index is 1.72. The van der Waals surface area contributed by atoms with Crippen LogP contribution in [0.15, 0.2) is 48.5 Å². The summed E-state index contributed by atoms with van der Waals surface area (Å²) in [6.45, 7) is 8.36. The lowest BCUT2D eigenvalue weighted by molar-refractivity contribution is -0.138. The van der Waals surface area contributed by atoms with Crippen molar-refractivity contribution >= 4 is 11.0 Å². The first-order chi connectivity index (χ1) is 14.9. The van der Waals surface area contributed by atoms with Gasteiger partial charge in [0.2, 0.25) is 5.62 Å². The molecular weight excluding hydrogens is 405 g/mol. The number of benzene rings is 2. The summed E-state index contributed by atoms with van der Waals surface area (Å²) in [6.07, 6.45) is -3.95. The predicted molar refractivity (Wildman–Crippen MR) is 115 cm³/mol. The molecule has 1 aromatic heterocycles. The van der Waals surface area contributed by atoms with E-state index in [9.17, 15) is 13.2 Å². The number of nitrogens with one attached hydrogen (secondary N) is 1. The molecule has 0 saturated heterocycles. The number of imidazole rings is 1. The highest BCUT2D eigenvalue weighted by atomic mass is 19.4. The molecule has 0 aliphatic rings. The first-order valence-electron chi connectivity index (χ1n) is 10.6. The predicted octanol–water partition coefficient (Wildman–Crippen LogP) is 4.75. The number of rotatable bonds is 10. The number of aromatic nitrogens is 2. The fraction of sp³-hybridized carbons (Fsp3) is 0.435. The number of likely N-dealkylation sites (N-methyl/N-ethyl adjacent to an activating group) is 1. The van der Waals surface area contributed by atoms with Crippen LogP contribution in [0.1, 0.15) is 25.8 Å². The van der Waals surface area contributed by atoms with Crippen LogP contribution in [-0.4, -0.2) is 40.3 Å². The zero-order valence-electron chi connectivity index (χ0n) is 18.0. The zero-order chi connectivity index (χ0) is 22.4. The lowest BCUT2D eigenvalue weighted by Crippen LogP contribution is -2.32. The second kappa shape index (κ2) is 10.0. The molecule has 0 fully saturated rings. The molecule has 168 valence electrons. The van der Waals surface area contributed by atoms with E-state index < -0.39 is 11.7 Å². The Bertz CT molecular complexity index is 1050. The highest BCUT2D eigenvalue weighted by molar-refractivity contribution is 5.75. The van der Waals surface area contributed by atoms with Gasteiger partial charge in [-0.1, -0.05) is 38.1 Å². The fourth-order valence-corrected chi connectivity index (χ4v) is 3.76. The van der Waals surface area contributed by atoms with Crippen LogP contribution in [-0.2, 0) is 19.3 Å². The summed E-state index contributed by atoms with van der Waals surface area (Å²) >= 11 is 0. The Morgan fingerprint density at radius 3 is 2.10 bits per heavy atom. The van der Waals surface area contributed by atoms with E-state index in [1.54, 1.807) is 0 Å². The van der Waals surface area contributed by atoms with Crippen LogP contribution in [0.2, 0.25) is 0 Å². The molecule has 2 aromatic carbocycles. The lowest BCUT2D eigenvalue weighted by Gasteiger charge is -2.18. The van der Waals surface area contributed by atoms with Crippen LogP contribution in [0.3, 0.4) is 0 Å². The molecule has 0 radical (unpaired) electrons. The molecule has 0 amide bonds. The van der Waals surface area contributed by atoms with Gasteiger partial charge in [0.1, 0.15) is 5.75 Å². The number of para-hydroxylation sites is 3. The second-order valence-electron chi connectivity index (χ2n) is 7.34. The highest BCUT2D eigenvalue weighted by Gasteiger charge is 2.33. The quantitative estimate of drug-likeness (QED) is 0.468. The smallest absolute Gasteiger partial charge is 0.419 e. The summed E-state index contributed by atoms with van der Waals surface area (Å²) in [5.74, 6) is -0.159. The van der Waals surface area contributed by atoms with Crippen molar-refractivity contribution in [3.63, 3.8) is 0 Å². The minimum atomic E-state index is -4.45. The molecule has 8 heteroatoms. The number of aryl methyl sites for hydroxylation is 1. The second-order valence-corrected chi connectivity index (χ2v) is 7.34. The maximum Gasteiger partial charge on any atom is 0.419 e. The normalized spacial score (nSPS) is 12.1. The van der Waals surface area contributed by atoms with Crippen LogP contribution in [0.5, 0.6) is 5.75 Å². The van der Waals surface area contributed by atoms with Gasteiger partial charge < -0.3 is 18.8 Å².